The molecule has 1 rings (SSSR count). The van der Waals surface area contributed by atoms with E-state index in [0.717, 1.165) is 6.42 Å². The smallest absolute Gasteiger partial charge is 0.409 e. The Morgan fingerprint density at radius 3 is 2.72 bits per heavy atom. The molecule has 18 heavy (non-hydrogen) atoms. The summed E-state index contributed by atoms with van der Waals surface area (Å²) in [5.74, 6) is 1.02. The van der Waals surface area contributed by atoms with Crippen LogP contribution in [0.3, 0.4) is 0 Å². The molecule has 5 nitrogen and oxygen atoms in total. The molecule has 0 bridgehead atoms. The Bertz CT molecular complexity index is 292. The summed E-state index contributed by atoms with van der Waals surface area (Å²) >= 11 is 0. The van der Waals surface area contributed by atoms with Crippen molar-refractivity contribution < 1.29 is 14.3 Å². The molecular weight excluding hydrogens is 232 g/mol. The maximum atomic E-state index is 11.6. The minimum atomic E-state index is -0.241. The standard InChI is InChI=1S/C13H24N2O3/c1-10(2)11(3)9-12(16)14-5-4-6-15-7-8-18-13(15)17/h10-11H,4-9H2,1-3H3,(H,14,16). The third-order valence-electron chi connectivity index (χ3n) is 3.42. The first-order valence-electron chi connectivity index (χ1n) is 6.69. The summed E-state index contributed by atoms with van der Waals surface area (Å²) in [5.41, 5.74) is 0. The topological polar surface area (TPSA) is 58.6 Å². The van der Waals surface area contributed by atoms with Crippen LogP contribution in [-0.2, 0) is 9.53 Å². The van der Waals surface area contributed by atoms with Crippen LogP contribution in [0.15, 0.2) is 0 Å². The summed E-state index contributed by atoms with van der Waals surface area (Å²) in [5, 5.41) is 2.89. The highest BCUT2D eigenvalue weighted by Crippen LogP contribution is 2.13. The molecule has 0 saturated carbocycles. The van der Waals surface area contributed by atoms with Crippen molar-refractivity contribution >= 4 is 12.0 Å². The average Bonchev–Trinajstić information content (AvgIpc) is 2.70. The van der Waals surface area contributed by atoms with Crippen LogP contribution in [0.4, 0.5) is 4.79 Å². The van der Waals surface area contributed by atoms with Gasteiger partial charge in [0.25, 0.3) is 0 Å². The second-order valence-corrected chi connectivity index (χ2v) is 5.23. The summed E-state index contributed by atoms with van der Waals surface area (Å²) in [4.78, 5) is 24.4. The van der Waals surface area contributed by atoms with Gasteiger partial charge in [-0.3, -0.25) is 4.79 Å². The number of nitrogens with zero attached hydrogens (tertiary/aromatic N) is 1. The second-order valence-electron chi connectivity index (χ2n) is 5.23. The minimum absolute atomic E-state index is 0.0974. The van der Waals surface area contributed by atoms with Gasteiger partial charge in [-0.05, 0) is 18.3 Å². The van der Waals surface area contributed by atoms with Crippen LogP contribution < -0.4 is 5.32 Å². The molecular formula is C13H24N2O3. The van der Waals surface area contributed by atoms with Gasteiger partial charge < -0.3 is 15.0 Å². The van der Waals surface area contributed by atoms with Gasteiger partial charge in [-0.2, -0.15) is 0 Å². The lowest BCUT2D eigenvalue weighted by Gasteiger charge is -2.15. The molecule has 1 fully saturated rings. The van der Waals surface area contributed by atoms with Gasteiger partial charge in [-0.25, -0.2) is 4.79 Å². The van der Waals surface area contributed by atoms with E-state index >= 15 is 0 Å². The van der Waals surface area contributed by atoms with Crippen LogP contribution in [0.25, 0.3) is 0 Å². The molecule has 1 aliphatic heterocycles. The first kappa shape index (κ1) is 14.8. The van der Waals surface area contributed by atoms with E-state index in [1.165, 1.54) is 0 Å². The fourth-order valence-electron chi connectivity index (χ4n) is 1.73. The normalized spacial score (nSPS) is 16.9. The molecule has 1 heterocycles. The van der Waals surface area contributed by atoms with Gasteiger partial charge in [0.15, 0.2) is 0 Å². The monoisotopic (exact) mass is 256 g/mol. The van der Waals surface area contributed by atoms with Gasteiger partial charge >= 0.3 is 6.09 Å². The van der Waals surface area contributed by atoms with Crippen molar-refractivity contribution in [2.75, 3.05) is 26.2 Å². The molecule has 0 aromatic carbocycles. The Morgan fingerprint density at radius 1 is 1.44 bits per heavy atom. The number of hydrogen-bond acceptors (Lipinski definition) is 3. The fraction of sp³-hybridized carbons (Fsp3) is 0.846. The Kier molecular flexibility index (Phi) is 5.95. The SMILES string of the molecule is CC(C)C(C)CC(=O)NCCCN1CCOC1=O. The maximum absolute atomic E-state index is 11.6. The highest BCUT2D eigenvalue weighted by atomic mass is 16.6. The number of carbonyl (C=O) groups is 2. The molecule has 1 N–H and O–H groups in total. The predicted octanol–water partition coefficient (Wildman–Crippen LogP) is 1.63. The molecule has 1 atom stereocenters. The number of carbonyl (C=O) groups excluding carboxylic acids is 2. The van der Waals surface area contributed by atoms with E-state index in [0.29, 0.717) is 44.5 Å². The lowest BCUT2D eigenvalue weighted by atomic mass is 9.94. The summed E-state index contributed by atoms with van der Waals surface area (Å²) in [6.45, 7) is 8.75. The van der Waals surface area contributed by atoms with Crippen molar-refractivity contribution in [3.05, 3.63) is 0 Å². The van der Waals surface area contributed by atoms with Crippen molar-refractivity contribution in [3.8, 4) is 0 Å². The zero-order chi connectivity index (χ0) is 13.5. The maximum Gasteiger partial charge on any atom is 0.409 e. The minimum Gasteiger partial charge on any atom is -0.448 e. The van der Waals surface area contributed by atoms with Crippen molar-refractivity contribution in [1.29, 1.82) is 0 Å². The van der Waals surface area contributed by atoms with Crippen LogP contribution in [0.2, 0.25) is 0 Å². The lowest BCUT2D eigenvalue weighted by Crippen LogP contribution is -2.31. The van der Waals surface area contributed by atoms with Crippen molar-refractivity contribution in [3.63, 3.8) is 0 Å². The summed E-state index contributed by atoms with van der Waals surface area (Å²) in [7, 11) is 0. The van der Waals surface area contributed by atoms with Crippen LogP contribution in [-0.4, -0.2) is 43.1 Å². The first-order chi connectivity index (χ1) is 8.50. The molecule has 0 aromatic rings. The van der Waals surface area contributed by atoms with E-state index in [-0.39, 0.29) is 12.0 Å². The van der Waals surface area contributed by atoms with Crippen LogP contribution in [0.1, 0.15) is 33.6 Å². The average molecular weight is 256 g/mol. The van der Waals surface area contributed by atoms with Crippen LogP contribution in [0.5, 0.6) is 0 Å². The number of nitrogens with one attached hydrogen (secondary N) is 1. The van der Waals surface area contributed by atoms with E-state index in [4.69, 9.17) is 4.74 Å². The lowest BCUT2D eigenvalue weighted by molar-refractivity contribution is -0.122. The molecule has 0 aromatic heterocycles. The number of ether oxygens (including phenoxy) is 1. The zero-order valence-corrected chi connectivity index (χ0v) is 11.6. The zero-order valence-electron chi connectivity index (χ0n) is 11.6. The number of rotatable bonds is 7. The van der Waals surface area contributed by atoms with Crippen LogP contribution >= 0.6 is 0 Å². The number of hydrogen-bond donors (Lipinski definition) is 1. The van der Waals surface area contributed by atoms with Gasteiger partial charge in [-0.1, -0.05) is 20.8 Å². The highest BCUT2D eigenvalue weighted by Gasteiger charge is 2.20. The summed E-state index contributed by atoms with van der Waals surface area (Å²) in [6, 6.07) is 0. The van der Waals surface area contributed by atoms with E-state index in [1.54, 1.807) is 4.90 Å². The van der Waals surface area contributed by atoms with E-state index in [1.807, 2.05) is 0 Å². The molecule has 1 saturated heterocycles. The van der Waals surface area contributed by atoms with E-state index in [9.17, 15) is 9.59 Å². The summed E-state index contributed by atoms with van der Waals surface area (Å²) < 4.78 is 4.82. The first-order valence-corrected chi connectivity index (χ1v) is 6.69. The Hall–Kier alpha value is -1.26. The Labute approximate surface area is 109 Å². The highest BCUT2D eigenvalue weighted by molar-refractivity contribution is 5.76. The van der Waals surface area contributed by atoms with Gasteiger partial charge in [-0.15, -0.1) is 0 Å². The molecule has 5 heteroatoms. The Balaban J connectivity index is 2.07. The van der Waals surface area contributed by atoms with E-state index in [2.05, 4.69) is 26.1 Å². The van der Waals surface area contributed by atoms with E-state index < -0.39 is 0 Å². The van der Waals surface area contributed by atoms with Crippen molar-refractivity contribution in [1.82, 2.24) is 10.2 Å². The van der Waals surface area contributed by atoms with Gasteiger partial charge in [0.05, 0.1) is 6.54 Å². The summed E-state index contributed by atoms with van der Waals surface area (Å²) in [6.07, 6.45) is 1.11. The second kappa shape index (κ2) is 7.24. The number of amides is 2. The van der Waals surface area contributed by atoms with Gasteiger partial charge in [0.1, 0.15) is 6.61 Å². The molecule has 104 valence electrons. The molecule has 1 aliphatic rings. The fourth-order valence-corrected chi connectivity index (χ4v) is 1.73. The molecule has 0 radical (unpaired) electrons. The van der Waals surface area contributed by atoms with Gasteiger partial charge in [0, 0.05) is 19.5 Å². The third-order valence-corrected chi connectivity index (χ3v) is 3.42. The Morgan fingerprint density at radius 2 is 2.17 bits per heavy atom. The molecule has 0 spiro atoms. The van der Waals surface area contributed by atoms with Gasteiger partial charge in [0.2, 0.25) is 5.91 Å². The number of cyclic esters (lactones) is 1. The third kappa shape index (κ3) is 4.94. The van der Waals surface area contributed by atoms with Crippen molar-refractivity contribution in [2.45, 2.75) is 33.6 Å². The predicted molar refractivity (Wildman–Crippen MR) is 69.2 cm³/mol. The molecule has 2 amide bonds. The molecule has 1 unspecified atom stereocenters. The van der Waals surface area contributed by atoms with Crippen molar-refractivity contribution in [2.24, 2.45) is 11.8 Å². The largest absolute Gasteiger partial charge is 0.448 e. The molecule has 0 aliphatic carbocycles. The quantitative estimate of drug-likeness (QED) is 0.704. The van der Waals surface area contributed by atoms with Crippen LogP contribution in [0, 0.1) is 11.8 Å².